The number of thioether (sulfide) groups is 1. The molecule has 0 amide bonds. The molecule has 118 valence electrons. The van der Waals surface area contributed by atoms with Crippen molar-refractivity contribution in [2.24, 2.45) is 0 Å². The van der Waals surface area contributed by atoms with Gasteiger partial charge in [-0.15, -0.1) is 11.8 Å². The summed E-state index contributed by atoms with van der Waals surface area (Å²) in [6, 6.07) is 16.6. The zero-order valence-electron chi connectivity index (χ0n) is 13.2. The highest BCUT2D eigenvalue weighted by Crippen LogP contribution is 2.42. The number of ether oxygens (including phenoxy) is 1. The van der Waals surface area contributed by atoms with Crippen molar-refractivity contribution >= 4 is 22.7 Å². The second kappa shape index (κ2) is 6.81. The predicted molar refractivity (Wildman–Crippen MR) is 99.0 cm³/mol. The van der Waals surface area contributed by atoms with Crippen LogP contribution in [-0.2, 0) is 0 Å². The van der Waals surface area contributed by atoms with Crippen LogP contribution in [0.2, 0.25) is 0 Å². The van der Waals surface area contributed by atoms with Gasteiger partial charge in [0.1, 0.15) is 11.5 Å². The lowest BCUT2D eigenvalue weighted by atomic mass is 10.1. The zero-order chi connectivity index (χ0) is 15.5. The van der Waals surface area contributed by atoms with Crippen LogP contribution in [0.15, 0.2) is 48.5 Å². The van der Waals surface area contributed by atoms with Gasteiger partial charge in [0.05, 0.1) is 0 Å². The molecule has 0 N–H and O–H groups in total. The van der Waals surface area contributed by atoms with Gasteiger partial charge >= 0.3 is 0 Å². The molecule has 0 aliphatic carbocycles. The maximum absolute atomic E-state index is 6.14. The summed E-state index contributed by atoms with van der Waals surface area (Å²) in [5.41, 5.74) is 2.36. The molecule has 2 aromatic rings. The second-order valence-electron chi connectivity index (χ2n) is 6.04. The van der Waals surface area contributed by atoms with Gasteiger partial charge in [0, 0.05) is 28.3 Å². The van der Waals surface area contributed by atoms with Crippen molar-refractivity contribution in [2.45, 2.75) is 12.8 Å². The van der Waals surface area contributed by atoms with Gasteiger partial charge in [0.2, 0.25) is 0 Å². The summed E-state index contributed by atoms with van der Waals surface area (Å²) in [5.74, 6) is 3.02. The summed E-state index contributed by atoms with van der Waals surface area (Å²) in [5, 5.41) is 0. The first-order chi connectivity index (χ1) is 11.4. The van der Waals surface area contributed by atoms with Gasteiger partial charge in [-0.3, -0.25) is 0 Å². The Morgan fingerprint density at radius 3 is 2.52 bits per heavy atom. The van der Waals surface area contributed by atoms with Crippen molar-refractivity contribution < 1.29 is 4.74 Å². The van der Waals surface area contributed by atoms with E-state index in [1.54, 1.807) is 0 Å². The Balaban J connectivity index is 1.59. The lowest BCUT2D eigenvalue weighted by Crippen LogP contribution is -2.21. The van der Waals surface area contributed by atoms with Crippen LogP contribution in [0.5, 0.6) is 11.5 Å². The number of nitrogens with zero attached hydrogens (tertiary/aromatic N) is 1. The molecule has 23 heavy (non-hydrogen) atoms. The van der Waals surface area contributed by atoms with Gasteiger partial charge in [0.25, 0.3) is 0 Å². The van der Waals surface area contributed by atoms with Crippen LogP contribution in [0.1, 0.15) is 24.0 Å². The van der Waals surface area contributed by atoms with Crippen molar-refractivity contribution in [1.29, 1.82) is 0 Å². The minimum absolute atomic E-state index is 0.940. The highest BCUT2D eigenvalue weighted by Gasteiger charge is 2.17. The number of benzene rings is 2. The molecule has 3 heteroatoms. The average Bonchev–Trinajstić information content (AvgIpc) is 3.04. The SMILES string of the molecule is C1=C(SCCN2CCCC2)c2ccccc2Oc2ccccc21. The molecule has 0 bridgehead atoms. The van der Waals surface area contributed by atoms with Crippen LogP contribution >= 0.6 is 11.8 Å². The lowest BCUT2D eigenvalue weighted by molar-refractivity contribution is 0.362. The van der Waals surface area contributed by atoms with Gasteiger partial charge in [-0.25, -0.2) is 0 Å². The fraction of sp³-hybridized carbons (Fsp3) is 0.300. The number of fused-ring (bicyclic) bond motifs is 2. The second-order valence-corrected chi connectivity index (χ2v) is 7.18. The topological polar surface area (TPSA) is 12.5 Å². The third kappa shape index (κ3) is 3.31. The summed E-state index contributed by atoms with van der Waals surface area (Å²) in [6.45, 7) is 3.71. The van der Waals surface area contributed by atoms with E-state index in [-0.39, 0.29) is 0 Å². The Bertz CT molecular complexity index is 719. The summed E-state index contributed by atoms with van der Waals surface area (Å²) in [7, 11) is 0. The molecule has 2 aliphatic heterocycles. The number of para-hydroxylation sites is 2. The Morgan fingerprint density at radius 1 is 0.913 bits per heavy atom. The average molecular weight is 323 g/mol. The quantitative estimate of drug-likeness (QED) is 0.775. The molecule has 1 saturated heterocycles. The third-order valence-electron chi connectivity index (χ3n) is 4.44. The van der Waals surface area contributed by atoms with E-state index in [0.29, 0.717) is 0 Å². The molecule has 1 fully saturated rings. The molecular formula is C20H21NOS. The Morgan fingerprint density at radius 2 is 1.65 bits per heavy atom. The van der Waals surface area contributed by atoms with Crippen molar-refractivity contribution in [3.05, 3.63) is 59.7 Å². The smallest absolute Gasteiger partial charge is 0.135 e. The van der Waals surface area contributed by atoms with Crippen molar-refractivity contribution in [2.75, 3.05) is 25.4 Å². The van der Waals surface area contributed by atoms with Gasteiger partial charge in [-0.2, -0.15) is 0 Å². The first kappa shape index (κ1) is 14.9. The minimum Gasteiger partial charge on any atom is -0.456 e. The number of likely N-dealkylation sites (tertiary alicyclic amines) is 1. The summed E-state index contributed by atoms with van der Waals surface area (Å²) < 4.78 is 6.14. The Hall–Kier alpha value is -1.71. The Kier molecular flexibility index (Phi) is 4.40. The van der Waals surface area contributed by atoms with Crippen LogP contribution in [-0.4, -0.2) is 30.3 Å². The largest absolute Gasteiger partial charge is 0.456 e. The van der Waals surface area contributed by atoms with E-state index in [2.05, 4.69) is 41.3 Å². The highest BCUT2D eigenvalue weighted by atomic mass is 32.2. The third-order valence-corrected chi connectivity index (χ3v) is 5.48. The zero-order valence-corrected chi connectivity index (χ0v) is 14.0. The monoisotopic (exact) mass is 323 g/mol. The summed E-state index contributed by atoms with van der Waals surface area (Å²) in [6.07, 6.45) is 4.99. The predicted octanol–water partition coefficient (Wildman–Crippen LogP) is 5.12. The lowest BCUT2D eigenvalue weighted by Gasteiger charge is -2.15. The van der Waals surface area contributed by atoms with E-state index in [9.17, 15) is 0 Å². The molecule has 2 aromatic carbocycles. The molecule has 0 saturated carbocycles. The highest BCUT2D eigenvalue weighted by molar-refractivity contribution is 8.08. The maximum Gasteiger partial charge on any atom is 0.135 e. The molecule has 0 atom stereocenters. The van der Waals surface area contributed by atoms with Gasteiger partial charge in [0.15, 0.2) is 0 Å². The van der Waals surface area contributed by atoms with E-state index < -0.39 is 0 Å². The van der Waals surface area contributed by atoms with Crippen LogP contribution in [0.3, 0.4) is 0 Å². The molecule has 0 aromatic heterocycles. The summed E-state index contributed by atoms with van der Waals surface area (Å²) in [4.78, 5) is 3.88. The number of hydrogen-bond donors (Lipinski definition) is 0. The van der Waals surface area contributed by atoms with Crippen LogP contribution in [0.25, 0.3) is 11.0 Å². The first-order valence-electron chi connectivity index (χ1n) is 8.33. The molecule has 4 rings (SSSR count). The number of rotatable bonds is 4. The molecule has 2 aliphatic rings. The first-order valence-corrected chi connectivity index (χ1v) is 9.32. The van der Waals surface area contributed by atoms with E-state index in [0.717, 1.165) is 22.8 Å². The normalized spacial score (nSPS) is 17.0. The van der Waals surface area contributed by atoms with E-state index in [1.807, 2.05) is 30.0 Å². The minimum atomic E-state index is 0.940. The molecule has 0 spiro atoms. The molecule has 0 radical (unpaired) electrons. The van der Waals surface area contributed by atoms with Crippen molar-refractivity contribution in [3.63, 3.8) is 0 Å². The van der Waals surface area contributed by atoms with Gasteiger partial charge < -0.3 is 9.64 Å². The molecule has 2 heterocycles. The molecule has 0 unspecified atom stereocenters. The van der Waals surface area contributed by atoms with Crippen molar-refractivity contribution in [3.8, 4) is 11.5 Å². The van der Waals surface area contributed by atoms with E-state index >= 15 is 0 Å². The molecular weight excluding hydrogens is 302 g/mol. The number of hydrogen-bond acceptors (Lipinski definition) is 3. The van der Waals surface area contributed by atoms with Crippen LogP contribution < -0.4 is 4.74 Å². The van der Waals surface area contributed by atoms with Gasteiger partial charge in [-0.05, 0) is 44.1 Å². The van der Waals surface area contributed by atoms with E-state index in [4.69, 9.17) is 4.74 Å². The van der Waals surface area contributed by atoms with Crippen LogP contribution in [0, 0.1) is 0 Å². The summed E-state index contributed by atoms with van der Waals surface area (Å²) >= 11 is 1.94. The fourth-order valence-electron chi connectivity index (χ4n) is 3.20. The fourth-order valence-corrected chi connectivity index (χ4v) is 4.30. The van der Waals surface area contributed by atoms with Crippen LogP contribution in [0.4, 0.5) is 0 Å². The van der Waals surface area contributed by atoms with Crippen molar-refractivity contribution in [1.82, 2.24) is 4.90 Å². The Labute approximate surface area is 142 Å². The maximum atomic E-state index is 6.14. The molecule has 2 nitrogen and oxygen atoms in total. The van der Waals surface area contributed by atoms with Gasteiger partial charge in [-0.1, -0.05) is 36.4 Å². The standard InChI is InChI=1S/C20H21NOS/c1-3-9-18-16(7-1)15-20(17-8-2-4-10-19(17)22-18)23-14-13-21-11-5-6-12-21/h1-4,7-10,15H,5-6,11-14H2. The van der Waals surface area contributed by atoms with E-state index in [1.165, 1.54) is 42.9 Å².